The van der Waals surface area contributed by atoms with Gasteiger partial charge in [0, 0.05) is 30.4 Å². The molecule has 0 fully saturated rings. The van der Waals surface area contributed by atoms with Gasteiger partial charge in [-0.3, -0.25) is 9.59 Å². The van der Waals surface area contributed by atoms with Gasteiger partial charge in [-0.1, -0.05) is 49.5 Å². The molecule has 2 rings (SSSR count). The molecule has 2 aromatic rings. The number of likely N-dealkylation sites (N-methyl/N-ethyl adjacent to an activating group) is 1. The van der Waals surface area contributed by atoms with Gasteiger partial charge in [-0.2, -0.15) is 0 Å². The summed E-state index contributed by atoms with van der Waals surface area (Å²) in [6.45, 7) is 4.32. The molecule has 0 aliphatic carbocycles. The number of aromatic nitrogens is 1. The number of carbonyl (C=O) groups is 2. The number of benzene rings is 1. The highest BCUT2D eigenvalue weighted by Crippen LogP contribution is 2.15. The van der Waals surface area contributed by atoms with Crippen LogP contribution < -0.4 is 5.32 Å². The van der Waals surface area contributed by atoms with E-state index in [4.69, 9.17) is 23.2 Å². The van der Waals surface area contributed by atoms with Crippen molar-refractivity contribution in [2.75, 3.05) is 7.05 Å². The molecular weight excluding hydrogens is 385 g/mol. The molecule has 1 N–H and O–H groups in total. The third kappa shape index (κ3) is 5.94. The molecule has 0 aliphatic rings. The fraction of sp³-hybridized carbons (Fsp3) is 0.350. The third-order valence-corrected chi connectivity index (χ3v) is 4.93. The minimum Gasteiger partial charge on any atom is -0.340 e. The maximum absolute atomic E-state index is 13.0. The van der Waals surface area contributed by atoms with Crippen LogP contribution in [0, 0.1) is 5.92 Å². The van der Waals surface area contributed by atoms with Crippen molar-refractivity contribution in [3.63, 3.8) is 0 Å². The number of carbonyl (C=O) groups excluding carboxylic acids is 2. The smallest absolute Gasteiger partial charge is 0.251 e. The predicted octanol–water partition coefficient (Wildman–Crippen LogP) is 4.19. The molecule has 144 valence electrons. The van der Waals surface area contributed by atoms with Crippen molar-refractivity contribution < 1.29 is 9.59 Å². The van der Waals surface area contributed by atoms with E-state index in [0.717, 1.165) is 12.0 Å². The van der Waals surface area contributed by atoms with Crippen LogP contribution in [0.25, 0.3) is 0 Å². The topological polar surface area (TPSA) is 62.3 Å². The zero-order chi connectivity index (χ0) is 20.0. The lowest BCUT2D eigenvalue weighted by molar-refractivity contribution is -0.133. The van der Waals surface area contributed by atoms with Crippen LogP contribution >= 0.6 is 23.2 Å². The normalized spacial score (nSPS) is 12.9. The zero-order valence-electron chi connectivity index (χ0n) is 15.6. The number of halogens is 2. The molecule has 7 heteroatoms. The van der Waals surface area contributed by atoms with Gasteiger partial charge in [0.05, 0.1) is 0 Å². The van der Waals surface area contributed by atoms with E-state index >= 15 is 0 Å². The largest absolute Gasteiger partial charge is 0.340 e. The maximum Gasteiger partial charge on any atom is 0.251 e. The minimum absolute atomic E-state index is 0.0143. The number of hydrogen-bond acceptors (Lipinski definition) is 3. The number of rotatable bonds is 7. The molecule has 27 heavy (non-hydrogen) atoms. The van der Waals surface area contributed by atoms with E-state index < -0.39 is 6.04 Å². The highest BCUT2D eigenvalue weighted by molar-refractivity contribution is 6.30. The van der Waals surface area contributed by atoms with Gasteiger partial charge in [-0.25, -0.2) is 4.98 Å². The first-order chi connectivity index (χ1) is 12.8. The molecule has 2 unspecified atom stereocenters. The Labute approximate surface area is 169 Å². The standard InChI is InChI=1S/C20H23Cl2N3O2/c1-4-13(2)18(24-19(26)15-6-8-16(21)9-7-15)20(27)25(3)12-14-5-10-17(22)23-11-14/h5-11,13,18H,4,12H2,1-3H3,(H,24,26). The molecule has 0 radical (unpaired) electrons. The van der Waals surface area contributed by atoms with Crippen LogP contribution in [0.2, 0.25) is 10.2 Å². The Balaban J connectivity index is 2.11. The molecule has 0 aliphatic heterocycles. The lowest BCUT2D eigenvalue weighted by atomic mass is 9.97. The third-order valence-electron chi connectivity index (χ3n) is 4.46. The van der Waals surface area contributed by atoms with E-state index in [-0.39, 0.29) is 17.7 Å². The fourth-order valence-corrected chi connectivity index (χ4v) is 2.84. The van der Waals surface area contributed by atoms with Crippen LogP contribution in [0.3, 0.4) is 0 Å². The average molecular weight is 408 g/mol. The van der Waals surface area contributed by atoms with Crippen molar-refractivity contribution in [2.45, 2.75) is 32.9 Å². The number of hydrogen-bond donors (Lipinski definition) is 1. The highest BCUT2D eigenvalue weighted by Gasteiger charge is 2.28. The number of pyridine rings is 1. The summed E-state index contributed by atoms with van der Waals surface area (Å²) in [5.41, 5.74) is 1.33. The Morgan fingerprint density at radius 2 is 1.81 bits per heavy atom. The van der Waals surface area contributed by atoms with Crippen LogP contribution in [-0.4, -0.2) is 34.8 Å². The Kier molecular flexibility index (Phi) is 7.63. The van der Waals surface area contributed by atoms with Gasteiger partial charge in [0.1, 0.15) is 11.2 Å². The average Bonchev–Trinajstić information content (AvgIpc) is 2.67. The van der Waals surface area contributed by atoms with E-state index in [0.29, 0.717) is 22.3 Å². The van der Waals surface area contributed by atoms with Gasteiger partial charge in [-0.15, -0.1) is 0 Å². The molecule has 2 atom stereocenters. The first-order valence-electron chi connectivity index (χ1n) is 8.73. The monoisotopic (exact) mass is 407 g/mol. The van der Waals surface area contributed by atoms with Crippen LogP contribution in [-0.2, 0) is 11.3 Å². The molecule has 1 heterocycles. The van der Waals surface area contributed by atoms with Crippen molar-refractivity contribution in [2.24, 2.45) is 5.92 Å². The van der Waals surface area contributed by atoms with Crippen molar-refractivity contribution in [3.8, 4) is 0 Å². The summed E-state index contributed by atoms with van der Waals surface area (Å²) in [6.07, 6.45) is 2.39. The van der Waals surface area contributed by atoms with Gasteiger partial charge in [-0.05, 0) is 41.8 Å². The summed E-state index contributed by atoms with van der Waals surface area (Å²) < 4.78 is 0. The summed E-state index contributed by atoms with van der Waals surface area (Å²) in [7, 11) is 1.71. The Hall–Kier alpha value is -2.11. The van der Waals surface area contributed by atoms with E-state index in [1.54, 1.807) is 48.5 Å². The summed E-state index contributed by atoms with van der Waals surface area (Å²) in [5, 5.41) is 3.83. The van der Waals surface area contributed by atoms with E-state index in [1.165, 1.54) is 0 Å². The molecule has 1 aromatic heterocycles. The first kappa shape index (κ1) is 21.2. The predicted molar refractivity (Wildman–Crippen MR) is 108 cm³/mol. The van der Waals surface area contributed by atoms with Crippen LogP contribution in [0.5, 0.6) is 0 Å². The van der Waals surface area contributed by atoms with Crippen molar-refractivity contribution >= 4 is 35.0 Å². The minimum atomic E-state index is -0.622. The lowest BCUT2D eigenvalue weighted by Gasteiger charge is -2.28. The summed E-state index contributed by atoms with van der Waals surface area (Å²) >= 11 is 11.7. The summed E-state index contributed by atoms with van der Waals surface area (Å²) in [5.74, 6) is -0.465. The van der Waals surface area contributed by atoms with E-state index in [2.05, 4.69) is 10.3 Å². The van der Waals surface area contributed by atoms with Gasteiger partial charge in [0.15, 0.2) is 0 Å². The van der Waals surface area contributed by atoms with Crippen molar-refractivity contribution in [1.29, 1.82) is 0 Å². The molecule has 2 amide bonds. The van der Waals surface area contributed by atoms with Gasteiger partial charge in [0.2, 0.25) is 5.91 Å². The summed E-state index contributed by atoms with van der Waals surface area (Å²) in [4.78, 5) is 31.2. The second kappa shape index (κ2) is 9.72. The molecule has 0 bridgehead atoms. The molecular formula is C20H23Cl2N3O2. The second-order valence-corrected chi connectivity index (χ2v) is 7.35. The van der Waals surface area contributed by atoms with Gasteiger partial charge >= 0.3 is 0 Å². The maximum atomic E-state index is 13.0. The second-order valence-electron chi connectivity index (χ2n) is 6.53. The summed E-state index contributed by atoms with van der Waals surface area (Å²) in [6, 6.07) is 9.46. The number of amides is 2. The zero-order valence-corrected chi connectivity index (χ0v) is 17.1. The fourth-order valence-electron chi connectivity index (χ4n) is 2.60. The van der Waals surface area contributed by atoms with Gasteiger partial charge in [0.25, 0.3) is 5.91 Å². The molecule has 0 saturated heterocycles. The number of nitrogens with zero attached hydrogens (tertiary/aromatic N) is 2. The van der Waals surface area contributed by atoms with Crippen LogP contribution in [0.4, 0.5) is 0 Å². The quantitative estimate of drug-likeness (QED) is 0.699. The van der Waals surface area contributed by atoms with Crippen molar-refractivity contribution in [1.82, 2.24) is 15.2 Å². The Morgan fingerprint density at radius 1 is 1.15 bits per heavy atom. The molecule has 5 nitrogen and oxygen atoms in total. The SMILES string of the molecule is CCC(C)C(NC(=O)c1ccc(Cl)cc1)C(=O)N(C)Cc1ccc(Cl)nc1. The van der Waals surface area contributed by atoms with E-state index in [1.807, 2.05) is 19.9 Å². The lowest BCUT2D eigenvalue weighted by Crippen LogP contribution is -2.50. The number of nitrogens with one attached hydrogen (secondary N) is 1. The van der Waals surface area contributed by atoms with Crippen LogP contribution in [0.1, 0.15) is 36.2 Å². The van der Waals surface area contributed by atoms with E-state index in [9.17, 15) is 9.59 Å². The highest BCUT2D eigenvalue weighted by atomic mass is 35.5. The molecule has 0 saturated carbocycles. The molecule has 0 spiro atoms. The van der Waals surface area contributed by atoms with Crippen molar-refractivity contribution in [3.05, 3.63) is 63.9 Å². The van der Waals surface area contributed by atoms with Gasteiger partial charge < -0.3 is 10.2 Å². The van der Waals surface area contributed by atoms with Crippen LogP contribution in [0.15, 0.2) is 42.6 Å². The first-order valence-corrected chi connectivity index (χ1v) is 9.49. The Bertz CT molecular complexity index is 779. The Morgan fingerprint density at radius 3 is 2.37 bits per heavy atom. The molecule has 1 aromatic carbocycles.